The molecule has 1 heterocycles. The van der Waals surface area contributed by atoms with Gasteiger partial charge >= 0.3 is 0 Å². The van der Waals surface area contributed by atoms with Gasteiger partial charge in [-0.25, -0.2) is 0 Å². The standard InChI is InChI=1S/C13H26N2O3/c1-11(13(16)15-8-4-3-7-14)18-10-12-6-2-5-9-17-12/h11-12H,2-10,14H2,1H3,(H,15,16). The maximum atomic E-state index is 11.7. The van der Waals surface area contributed by atoms with Crippen molar-refractivity contribution < 1.29 is 14.3 Å². The average Bonchev–Trinajstić information content (AvgIpc) is 2.42. The molecule has 2 unspecified atom stereocenters. The van der Waals surface area contributed by atoms with Gasteiger partial charge in [-0.05, 0) is 45.6 Å². The summed E-state index contributed by atoms with van der Waals surface area (Å²) in [4.78, 5) is 11.7. The average molecular weight is 258 g/mol. The zero-order valence-corrected chi connectivity index (χ0v) is 11.3. The number of carbonyl (C=O) groups is 1. The van der Waals surface area contributed by atoms with Crippen LogP contribution in [0.5, 0.6) is 0 Å². The second-order valence-corrected chi connectivity index (χ2v) is 4.75. The van der Waals surface area contributed by atoms with Gasteiger partial charge in [0.25, 0.3) is 0 Å². The van der Waals surface area contributed by atoms with Crippen molar-refractivity contribution in [1.82, 2.24) is 5.32 Å². The molecule has 5 nitrogen and oxygen atoms in total. The van der Waals surface area contributed by atoms with E-state index in [9.17, 15) is 4.79 Å². The molecule has 0 saturated carbocycles. The van der Waals surface area contributed by atoms with Crippen molar-refractivity contribution in [3.63, 3.8) is 0 Å². The highest BCUT2D eigenvalue weighted by Crippen LogP contribution is 2.13. The normalized spacial score (nSPS) is 21.6. The van der Waals surface area contributed by atoms with Crippen LogP contribution in [0.3, 0.4) is 0 Å². The second-order valence-electron chi connectivity index (χ2n) is 4.75. The van der Waals surface area contributed by atoms with Crippen molar-refractivity contribution in [1.29, 1.82) is 0 Å². The van der Waals surface area contributed by atoms with E-state index < -0.39 is 6.10 Å². The molecule has 106 valence electrons. The first-order chi connectivity index (χ1) is 8.74. The first-order valence-electron chi connectivity index (χ1n) is 6.95. The summed E-state index contributed by atoms with van der Waals surface area (Å²) in [6.07, 6.45) is 4.96. The number of rotatable bonds is 8. The highest BCUT2D eigenvalue weighted by atomic mass is 16.5. The van der Waals surface area contributed by atoms with Crippen molar-refractivity contribution in [2.24, 2.45) is 5.73 Å². The van der Waals surface area contributed by atoms with E-state index in [0.29, 0.717) is 19.7 Å². The number of carbonyl (C=O) groups excluding carboxylic acids is 1. The van der Waals surface area contributed by atoms with Gasteiger partial charge in [-0.15, -0.1) is 0 Å². The van der Waals surface area contributed by atoms with Gasteiger partial charge in [0.1, 0.15) is 6.10 Å². The third kappa shape index (κ3) is 6.33. The van der Waals surface area contributed by atoms with Crippen LogP contribution < -0.4 is 11.1 Å². The summed E-state index contributed by atoms with van der Waals surface area (Å²) in [7, 11) is 0. The van der Waals surface area contributed by atoms with Crippen molar-refractivity contribution in [2.45, 2.75) is 51.2 Å². The zero-order valence-electron chi connectivity index (χ0n) is 11.3. The predicted octanol–water partition coefficient (Wildman–Crippen LogP) is 0.816. The lowest BCUT2D eigenvalue weighted by atomic mass is 10.1. The lowest BCUT2D eigenvalue weighted by Crippen LogP contribution is -2.37. The molecule has 18 heavy (non-hydrogen) atoms. The minimum atomic E-state index is -0.409. The Hall–Kier alpha value is -0.650. The molecule has 3 N–H and O–H groups in total. The highest BCUT2D eigenvalue weighted by Gasteiger charge is 2.18. The molecule has 1 aliphatic heterocycles. The van der Waals surface area contributed by atoms with E-state index in [0.717, 1.165) is 32.3 Å². The lowest BCUT2D eigenvalue weighted by molar-refractivity contribution is -0.135. The molecule has 0 aromatic heterocycles. The van der Waals surface area contributed by atoms with Gasteiger partial charge in [0, 0.05) is 13.2 Å². The van der Waals surface area contributed by atoms with Crippen molar-refractivity contribution >= 4 is 5.91 Å². The molecule has 1 fully saturated rings. The summed E-state index contributed by atoms with van der Waals surface area (Å²) >= 11 is 0. The van der Waals surface area contributed by atoms with Gasteiger partial charge in [0.05, 0.1) is 12.7 Å². The van der Waals surface area contributed by atoms with E-state index in [1.54, 1.807) is 6.92 Å². The van der Waals surface area contributed by atoms with Gasteiger partial charge in [0.2, 0.25) is 5.91 Å². The van der Waals surface area contributed by atoms with Crippen molar-refractivity contribution in [3.05, 3.63) is 0 Å². The van der Waals surface area contributed by atoms with Crippen LogP contribution in [-0.2, 0) is 14.3 Å². The molecule has 0 aromatic rings. The number of hydrogen-bond donors (Lipinski definition) is 2. The minimum absolute atomic E-state index is 0.0529. The Balaban J connectivity index is 2.07. The molecule has 0 bridgehead atoms. The van der Waals surface area contributed by atoms with Gasteiger partial charge in [-0.3, -0.25) is 4.79 Å². The van der Waals surface area contributed by atoms with Crippen LogP contribution in [0.4, 0.5) is 0 Å². The Bertz CT molecular complexity index is 230. The Labute approximate surface area is 109 Å². The monoisotopic (exact) mass is 258 g/mol. The molecule has 0 radical (unpaired) electrons. The van der Waals surface area contributed by atoms with Crippen LogP contribution in [0.25, 0.3) is 0 Å². The molecule has 1 saturated heterocycles. The Morgan fingerprint density at radius 2 is 2.33 bits per heavy atom. The van der Waals surface area contributed by atoms with Gasteiger partial charge in [-0.1, -0.05) is 0 Å². The van der Waals surface area contributed by atoms with E-state index in [1.165, 1.54) is 6.42 Å². The molecule has 0 aromatic carbocycles. The van der Waals surface area contributed by atoms with Gasteiger partial charge in [0.15, 0.2) is 0 Å². The number of nitrogens with two attached hydrogens (primary N) is 1. The predicted molar refractivity (Wildman–Crippen MR) is 70.3 cm³/mol. The van der Waals surface area contributed by atoms with Gasteiger partial charge < -0.3 is 20.5 Å². The zero-order chi connectivity index (χ0) is 13.2. The van der Waals surface area contributed by atoms with Crippen molar-refractivity contribution in [2.75, 3.05) is 26.3 Å². The maximum Gasteiger partial charge on any atom is 0.248 e. The molecule has 5 heteroatoms. The molecule has 0 aliphatic carbocycles. The minimum Gasteiger partial charge on any atom is -0.376 e. The van der Waals surface area contributed by atoms with E-state index in [2.05, 4.69) is 5.32 Å². The SMILES string of the molecule is CC(OCC1CCCCO1)C(=O)NCCCCN. The third-order valence-corrected chi connectivity index (χ3v) is 3.11. The van der Waals surface area contributed by atoms with Crippen LogP contribution >= 0.6 is 0 Å². The molecule has 1 rings (SSSR count). The molecule has 1 aliphatic rings. The summed E-state index contributed by atoms with van der Waals surface area (Å²) in [5.74, 6) is -0.0529. The van der Waals surface area contributed by atoms with Crippen LogP contribution in [0, 0.1) is 0 Å². The lowest BCUT2D eigenvalue weighted by Gasteiger charge is -2.23. The number of ether oxygens (including phenoxy) is 2. The Kier molecular flexibility index (Phi) is 7.96. The van der Waals surface area contributed by atoms with E-state index in [1.807, 2.05) is 0 Å². The van der Waals surface area contributed by atoms with Crippen LogP contribution in [-0.4, -0.2) is 44.4 Å². The number of amides is 1. The number of unbranched alkanes of at least 4 members (excludes halogenated alkanes) is 1. The maximum absolute atomic E-state index is 11.7. The van der Waals surface area contributed by atoms with Crippen LogP contribution in [0.2, 0.25) is 0 Å². The summed E-state index contributed by atoms with van der Waals surface area (Å²) in [5, 5.41) is 2.84. The second kappa shape index (κ2) is 9.30. The Morgan fingerprint density at radius 1 is 1.50 bits per heavy atom. The fourth-order valence-corrected chi connectivity index (χ4v) is 1.89. The molecular weight excluding hydrogens is 232 g/mol. The quantitative estimate of drug-likeness (QED) is 0.632. The largest absolute Gasteiger partial charge is 0.376 e. The number of hydrogen-bond acceptors (Lipinski definition) is 4. The first-order valence-corrected chi connectivity index (χ1v) is 6.95. The van der Waals surface area contributed by atoms with Crippen LogP contribution in [0.1, 0.15) is 39.0 Å². The first kappa shape index (κ1) is 15.4. The smallest absolute Gasteiger partial charge is 0.248 e. The highest BCUT2D eigenvalue weighted by molar-refractivity contribution is 5.80. The van der Waals surface area contributed by atoms with Crippen molar-refractivity contribution in [3.8, 4) is 0 Å². The fourth-order valence-electron chi connectivity index (χ4n) is 1.89. The summed E-state index contributed by atoms with van der Waals surface area (Å²) < 4.78 is 11.1. The fraction of sp³-hybridized carbons (Fsp3) is 0.923. The molecule has 1 amide bonds. The van der Waals surface area contributed by atoms with E-state index >= 15 is 0 Å². The molecule has 2 atom stereocenters. The number of nitrogens with one attached hydrogen (secondary N) is 1. The van der Waals surface area contributed by atoms with E-state index in [4.69, 9.17) is 15.2 Å². The Morgan fingerprint density at radius 3 is 3.00 bits per heavy atom. The third-order valence-electron chi connectivity index (χ3n) is 3.11. The topological polar surface area (TPSA) is 73.6 Å². The van der Waals surface area contributed by atoms with E-state index in [-0.39, 0.29) is 12.0 Å². The molecule has 0 spiro atoms. The molecular formula is C13H26N2O3. The summed E-state index contributed by atoms with van der Waals surface area (Å²) in [5.41, 5.74) is 5.38. The summed E-state index contributed by atoms with van der Waals surface area (Å²) in [6.45, 7) is 4.44. The van der Waals surface area contributed by atoms with Crippen LogP contribution in [0.15, 0.2) is 0 Å². The summed E-state index contributed by atoms with van der Waals surface area (Å²) in [6, 6.07) is 0. The van der Waals surface area contributed by atoms with Gasteiger partial charge in [-0.2, -0.15) is 0 Å².